The van der Waals surface area contributed by atoms with Gasteiger partial charge in [0, 0.05) is 32.2 Å². The van der Waals surface area contributed by atoms with Crippen molar-refractivity contribution in [3.05, 3.63) is 0 Å². The highest BCUT2D eigenvalue weighted by molar-refractivity contribution is 14.0. The van der Waals surface area contributed by atoms with Crippen LogP contribution >= 0.6 is 24.0 Å². The number of carbonyl (C=O) groups is 1. The molecule has 30 heavy (non-hydrogen) atoms. The molecular weight excluding hydrogens is 495 g/mol. The van der Waals surface area contributed by atoms with Crippen LogP contribution < -0.4 is 16.0 Å². The van der Waals surface area contributed by atoms with Crippen LogP contribution in [0.25, 0.3) is 0 Å². The fourth-order valence-electron chi connectivity index (χ4n) is 4.14. The summed E-state index contributed by atoms with van der Waals surface area (Å²) < 4.78 is 5.25. The summed E-state index contributed by atoms with van der Waals surface area (Å²) in [6.07, 6.45) is 5.95. The topological polar surface area (TPSA) is 81.2 Å². The van der Waals surface area contributed by atoms with Crippen molar-refractivity contribution in [2.24, 2.45) is 4.99 Å². The molecule has 0 aromatic rings. The first-order valence-corrected chi connectivity index (χ1v) is 11.1. The molecule has 2 rings (SSSR count). The van der Waals surface area contributed by atoms with Gasteiger partial charge in [-0.2, -0.15) is 0 Å². The van der Waals surface area contributed by atoms with Crippen LogP contribution in [0.4, 0.5) is 4.79 Å². The molecule has 0 unspecified atom stereocenters. The van der Waals surface area contributed by atoms with Gasteiger partial charge in [0.05, 0.1) is 0 Å². The minimum Gasteiger partial charge on any atom is -0.444 e. The summed E-state index contributed by atoms with van der Waals surface area (Å²) >= 11 is 0. The molecule has 0 spiro atoms. The Morgan fingerprint density at radius 2 is 1.60 bits per heavy atom. The second-order valence-electron chi connectivity index (χ2n) is 9.36. The molecule has 0 atom stereocenters. The number of aliphatic imine (C=N–C) groups is 1. The fraction of sp³-hybridized carbons (Fsp3) is 0.905. The molecule has 0 radical (unpaired) electrons. The molecule has 9 heteroatoms. The average Bonchev–Trinajstić information content (AvgIpc) is 2.68. The molecule has 0 aromatic heterocycles. The van der Waals surface area contributed by atoms with Crippen molar-refractivity contribution < 1.29 is 9.53 Å². The number of nitrogens with one attached hydrogen (secondary N) is 3. The number of rotatable bonds is 6. The molecule has 2 heterocycles. The van der Waals surface area contributed by atoms with Crippen molar-refractivity contribution in [3.8, 4) is 0 Å². The van der Waals surface area contributed by atoms with Crippen LogP contribution in [0.5, 0.6) is 0 Å². The maximum Gasteiger partial charge on any atom is 0.407 e. The van der Waals surface area contributed by atoms with Gasteiger partial charge in [-0.1, -0.05) is 6.42 Å². The van der Waals surface area contributed by atoms with Crippen LogP contribution in [-0.2, 0) is 4.74 Å². The summed E-state index contributed by atoms with van der Waals surface area (Å²) in [5, 5.41) is 9.62. The first kappa shape index (κ1) is 27.2. The minimum absolute atomic E-state index is 0. The Morgan fingerprint density at radius 3 is 2.17 bits per heavy atom. The van der Waals surface area contributed by atoms with E-state index in [9.17, 15) is 4.79 Å². The molecule has 2 saturated heterocycles. The Labute approximate surface area is 200 Å². The van der Waals surface area contributed by atoms with E-state index in [1.54, 1.807) is 7.05 Å². The van der Waals surface area contributed by atoms with E-state index < -0.39 is 11.7 Å². The van der Waals surface area contributed by atoms with Crippen molar-refractivity contribution in [2.75, 3.05) is 59.9 Å². The Balaban J connectivity index is 0.00000450. The van der Waals surface area contributed by atoms with Crippen molar-refractivity contribution in [1.82, 2.24) is 25.8 Å². The molecular formula is C21H43IN6O2. The van der Waals surface area contributed by atoms with Crippen LogP contribution in [0.2, 0.25) is 0 Å². The Hall–Kier alpha value is -0.810. The van der Waals surface area contributed by atoms with Crippen molar-refractivity contribution in [3.63, 3.8) is 0 Å². The van der Waals surface area contributed by atoms with Crippen LogP contribution in [0, 0.1) is 0 Å². The highest BCUT2D eigenvalue weighted by Crippen LogP contribution is 2.30. The number of carbonyl (C=O) groups excluding carboxylic acids is 1. The van der Waals surface area contributed by atoms with Crippen molar-refractivity contribution in [2.45, 2.75) is 64.0 Å². The van der Waals surface area contributed by atoms with Gasteiger partial charge in [-0.05, 0) is 79.7 Å². The Morgan fingerprint density at radius 1 is 1.00 bits per heavy atom. The number of hydrogen-bond donors (Lipinski definition) is 3. The molecule has 176 valence electrons. The highest BCUT2D eigenvalue weighted by Gasteiger charge is 2.39. The van der Waals surface area contributed by atoms with E-state index in [2.05, 4.69) is 37.8 Å². The predicted octanol–water partition coefficient (Wildman–Crippen LogP) is 2.24. The van der Waals surface area contributed by atoms with Gasteiger partial charge in [0.25, 0.3) is 0 Å². The van der Waals surface area contributed by atoms with Gasteiger partial charge < -0.3 is 25.6 Å². The first-order valence-electron chi connectivity index (χ1n) is 11.1. The first-order chi connectivity index (χ1) is 13.7. The van der Waals surface area contributed by atoms with E-state index in [0.29, 0.717) is 13.1 Å². The van der Waals surface area contributed by atoms with Crippen LogP contribution in [0.1, 0.15) is 52.9 Å². The normalized spacial score (nSPS) is 20.8. The van der Waals surface area contributed by atoms with Gasteiger partial charge in [0.15, 0.2) is 5.96 Å². The fourth-order valence-corrected chi connectivity index (χ4v) is 4.14. The van der Waals surface area contributed by atoms with Crippen LogP contribution in [0.3, 0.4) is 0 Å². The molecule has 0 saturated carbocycles. The molecule has 2 fully saturated rings. The number of likely N-dealkylation sites (tertiary alicyclic amines) is 2. The molecule has 2 aliphatic heterocycles. The van der Waals surface area contributed by atoms with Crippen LogP contribution in [-0.4, -0.2) is 92.9 Å². The third-order valence-corrected chi connectivity index (χ3v) is 5.84. The Bertz CT molecular complexity index is 538. The number of guanidine groups is 1. The lowest BCUT2D eigenvalue weighted by Crippen LogP contribution is -2.62. The number of hydrogen-bond acceptors (Lipinski definition) is 5. The number of ether oxygens (including phenoxy) is 1. The van der Waals surface area contributed by atoms with E-state index in [1.165, 1.54) is 45.2 Å². The monoisotopic (exact) mass is 538 g/mol. The quantitative estimate of drug-likeness (QED) is 0.208. The second-order valence-corrected chi connectivity index (χ2v) is 9.36. The van der Waals surface area contributed by atoms with E-state index >= 15 is 0 Å². The maximum atomic E-state index is 11.7. The molecule has 1 amide bonds. The lowest BCUT2D eigenvalue weighted by atomic mass is 9.84. The standard InChI is InChI=1S/C21H42N6O2.HI/c1-20(2,3)29-19(28)24-12-11-23-18(22-4)25-17-21(9-15-26(5)16-10-21)27-13-7-6-8-14-27;/h6-17H2,1-5H3,(H,24,28)(H2,22,23,25);1H. The smallest absolute Gasteiger partial charge is 0.407 e. The predicted molar refractivity (Wildman–Crippen MR) is 134 cm³/mol. The number of amides is 1. The van der Waals surface area contributed by atoms with E-state index in [4.69, 9.17) is 4.74 Å². The van der Waals surface area contributed by atoms with Gasteiger partial charge in [-0.25, -0.2) is 4.79 Å². The average molecular weight is 539 g/mol. The largest absolute Gasteiger partial charge is 0.444 e. The summed E-state index contributed by atoms with van der Waals surface area (Å²) in [5.74, 6) is 0.784. The van der Waals surface area contributed by atoms with E-state index in [-0.39, 0.29) is 29.5 Å². The van der Waals surface area contributed by atoms with Gasteiger partial charge in [0.2, 0.25) is 0 Å². The molecule has 0 aromatic carbocycles. The third-order valence-electron chi connectivity index (χ3n) is 5.84. The zero-order valence-electron chi connectivity index (χ0n) is 19.6. The zero-order valence-corrected chi connectivity index (χ0v) is 21.9. The number of alkyl carbamates (subject to hydrolysis) is 1. The molecule has 2 aliphatic rings. The minimum atomic E-state index is -0.480. The third kappa shape index (κ3) is 9.13. The summed E-state index contributed by atoms with van der Waals surface area (Å²) in [5.41, 5.74) is -0.273. The van der Waals surface area contributed by atoms with E-state index in [1.807, 2.05) is 20.8 Å². The van der Waals surface area contributed by atoms with Crippen LogP contribution in [0.15, 0.2) is 4.99 Å². The lowest BCUT2D eigenvalue weighted by Gasteiger charge is -2.50. The van der Waals surface area contributed by atoms with Gasteiger partial charge in [-0.3, -0.25) is 9.89 Å². The highest BCUT2D eigenvalue weighted by atomic mass is 127. The van der Waals surface area contributed by atoms with Gasteiger partial charge >= 0.3 is 6.09 Å². The summed E-state index contributed by atoms with van der Waals surface area (Å²) in [6, 6.07) is 0. The van der Waals surface area contributed by atoms with E-state index in [0.717, 1.165) is 25.6 Å². The number of halogens is 1. The molecule has 3 N–H and O–H groups in total. The molecule has 0 bridgehead atoms. The Kier molecular flexibility index (Phi) is 11.7. The summed E-state index contributed by atoms with van der Waals surface area (Å²) in [7, 11) is 4.00. The van der Waals surface area contributed by atoms with Gasteiger partial charge in [0.1, 0.15) is 5.60 Å². The zero-order chi connectivity index (χ0) is 21.3. The second kappa shape index (κ2) is 12.9. The summed E-state index contributed by atoms with van der Waals surface area (Å²) in [6.45, 7) is 12.3. The molecule has 0 aliphatic carbocycles. The SMILES string of the molecule is CN=C(NCCNC(=O)OC(C)(C)C)NCC1(N2CCCCC2)CCN(C)CC1.I. The lowest BCUT2D eigenvalue weighted by molar-refractivity contribution is 0.0173. The molecule has 8 nitrogen and oxygen atoms in total. The van der Waals surface area contributed by atoms with Gasteiger partial charge in [-0.15, -0.1) is 24.0 Å². The summed E-state index contributed by atoms with van der Waals surface area (Å²) in [4.78, 5) is 21.2. The van der Waals surface area contributed by atoms with Crippen molar-refractivity contribution >= 4 is 36.0 Å². The number of nitrogens with zero attached hydrogens (tertiary/aromatic N) is 3. The number of piperidine rings is 2. The maximum absolute atomic E-state index is 11.7. The van der Waals surface area contributed by atoms with Crippen molar-refractivity contribution in [1.29, 1.82) is 0 Å².